The highest BCUT2D eigenvalue weighted by molar-refractivity contribution is 6.00. The van der Waals surface area contributed by atoms with Gasteiger partial charge in [0.1, 0.15) is 23.9 Å². The van der Waals surface area contributed by atoms with E-state index >= 15 is 0 Å². The minimum Gasteiger partial charge on any atom is -0.497 e. The average molecular weight is 560 g/mol. The van der Waals surface area contributed by atoms with Crippen LogP contribution in [0.15, 0.2) is 76.8 Å². The van der Waals surface area contributed by atoms with Gasteiger partial charge in [0.25, 0.3) is 5.91 Å². The quantitative estimate of drug-likeness (QED) is 0.130. The lowest BCUT2D eigenvalue weighted by Crippen LogP contribution is -2.48. The number of azide groups is 1. The van der Waals surface area contributed by atoms with E-state index in [4.69, 9.17) is 34.6 Å². The van der Waals surface area contributed by atoms with Crippen LogP contribution in [-0.2, 0) is 29.0 Å². The van der Waals surface area contributed by atoms with Crippen molar-refractivity contribution < 1.29 is 28.8 Å². The summed E-state index contributed by atoms with van der Waals surface area (Å²) in [6.45, 7) is 0.856. The first-order valence-electron chi connectivity index (χ1n) is 13.2. The number of nitrogens with zero attached hydrogens (tertiary/aromatic N) is 4. The van der Waals surface area contributed by atoms with Crippen molar-refractivity contribution in [2.24, 2.45) is 10.1 Å². The Balaban J connectivity index is 1.62. The summed E-state index contributed by atoms with van der Waals surface area (Å²) in [4.78, 5) is 21.6. The number of rotatable bonds is 14. The summed E-state index contributed by atoms with van der Waals surface area (Å²) >= 11 is 0. The van der Waals surface area contributed by atoms with Gasteiger partial charge in [-0.05, 0) is 53.1 Å². The van der Waals surface area contributed by atoms with E-state index in [1.807, 2.05) is 42.5 Å². The van der Waals surface area contributed by atoms with Gasteiger partial charge in [-0.1, -0.05) is 29.4 Å². The first-order chi connectivity index (χ1) is 20.0. The molecule has 1 heterocycles. The van der Waals surface area contributed by atoms with E-state index in [0.29, 0.717) is 41.7 Å². The lowest BCUT2D eigenvalue weighted by Gasteiger charge is -2.24. The number of aliphatic imine (C=N–C) groups is 1. The molecular weight excluding hydrogens is 526 g/mol. The van der Waals surface area contributed by atoms with Crippen LogP contribution in [0.5, 0.6) is 17.2 Å². The highest BCUT2D eigenvalue weighted by Crippen LogP contribution is 2.30. The molecule has 0 aliphatic carbocycles. The van der Waals surface area contributed by atoms with Crippen LogP contribution in [0.4, 0.5) is 0 Å². The van der Waals surface area contributed by atoms with Crippen LogP contribution in [-0.4, -0.2) is 56.5 Å². The zero-order valence-corrected chi connectivity index (χ0v) is 23.1. The number of aliphatic hydroxyl groups is 1. The third kappa shape index (κ3) is 7.27. The smallest absolute Gasteiger partial charge is 0.252 e. The maximum Gasteiger partial charge on any atom is 0.252 e. The molecule has 1 amide bonds. The van der Waals surface area contributed by atoms with Crippen LogP contribution in [0.25, 0.3) is 10.4 Å². The van der Waals surface area contributed by atoms with Crippen molar-refractivity contribution in [1.82, 2.24) is 5.32 Å². The lowest BCUT2D eigenvalue weighted by atomic mass is 9.89. The first-order valence-corrected chi connectivity index (χ1v) is 13.2. The molecule has 0 spiro atoms. The molecule has 0 aromatic heterocycles. The molecule has 2 N–H and O–H groups in total. The second-order valence-electron chi connectivity index (χ2n) is 9.38. The number of carbonyl (C=O) groups is 1. The minimum absolute atomic E-state index is 0.0263. The zero-order chi connectivity index (χ0) is 29.1. The Kier molecular flexibility index (Phi) is 10.0. The number of aliphatic hydroxyl groups excluding tert-OH is 1. The van der Waals surface area contributed by atoms with E-state index < -0.39 is 5.54 Å². The highest BCUT2D eigenvalue weighted by Gasteiger charge is 2.44. The second-order valence-corrected chi connectivity index (χ2v) is 9.38. The van der Waals surface area contributed by atoms with Crippen molar-refractivity contribution in [3.8, 4) is 17.2 Å². The molecule has 41 heavy (non-hydrogen) atoms. The number of amides is 1. The second kappa shape index (κ2) is 14.1. The van der Waals surface area contributed by atoms with Crippen LogP contribution < -0.4 is 19.5 Å². The van der Waals surface area contributed by atoms with E-state index in [1.165, 1.54) is 0 Å². The van der Waals surface area contributed by atoms with Crippen molar-refractivity contribution >= 4 is 11.8 Å². The number of hydrogen-bond donors (Lipinski definition) is 2. The molecule has 1 aliphatic heterocycles. The molecule has 11 nitrogen and oxygen atoms in total. The van der Waals surface area contributed by atoms with Gasteiger partial charge in [-0.25, -0.2) is 4.99 Å². The standard InChI is InChI=1S/C30H33N5O6/c1-38-26-13-10-24(27(16-26)39-2)18-32-29(37)30(17-22-6-3-4-7-23(22)19-33-35-31)20-41-28(34-30)21-8-11-25(12-9-21)40-15-5-14-36/h3-4,6-13,16,36H,5,14-15,17-20H2,1-2H3,(H,32,37)/t30-/m1/s1. The van der Waals surface area contributed by atoms with Crippen LogP contribution in [0, 0.1) is 0 Å². The summed E-state index contributed by atoms with van der Waals surface area (Å²) in [6, 6.07) is 20.1. The fraction of sp³-hybridized carbons (Fsp3) is 0.333. The number of carbonyl (C=O) groups excluding carboxylic acids is 1. The number of hydrogen-bond acceptors (Lipinski definition) is 8. The average Bonchev–Trinajstić information content (AvgIpc) is 3.45. The molecule has 0 radical (unpaired) electrons. The SMILES string of the molecule is COc1ccc(CNC(=O)[C@@]2(Cc3ccccc3CN=[N+]=[N-])COC(c3ccc(OCCCO)cc3)=N2)c(OC)c1. The normalized spacial score (nSPS) is 15.7. The van der Waals surface area contributed by atoms with Crippen molar-refractivity contribution in [3.05, 3.63) is 99.4 Å². The molecule has 3 aromatic rings. The van der Waals surface area contributed by atoms with Gasteiger partial charge in [0.2, 0.25) is 5.90 Å². The van der Waals surface area contributed by atoms with Gasteiger partial charge in [-0.15, -0.1) is 0 Å². The number of nitrogens with one attached hydrogen (secondary N) is 1. The third-order valence-electron chi connectivity index (χ3n) is 6.70. The maximum atomic E-state index is 13.9. The highest BCUT2D eigenvalue weighted by atomic mass is 16.5. The summed E-state index contributed by atoms with van der Waals surface area (Å²) < 4.78 is 22.4. The Hall–Kier alpha value is -4.73. The third-order valence-corrected chi connectivity index (χ3v) is 6.70. The van der Waals surface area contributed by atoms with Gasteiger partial charge in [-0.3, -0.25) is 4.79 Å². The summed E-state index contributed by atoms with van der Waals surface area (Å²) in [7, 11) is 3.14. The molecule has 3 aromatic carbocycles. The maximum absolute atomic E-state index is 13.9. The molecule has 11 heteroatoms. The Bertz CT molecular complexity index is 1420. The molecule has 0 saturated carbocycles. The van der Waals surface area contributed by atoms with Gasteiger partial charge in [0, 0.05) is 48.1 Å². The fourth-order valence-corrected chi connectivity index (χ4v) is 4.48. The number of methoxy groups -OCH3 is 2. The molecule has 0 saturated heterocycles. The number of benzene rings is 3. The van der Waals surface area contributed by atoms with Crippen molar-refractivity contribution in [1.29, 1.82) is 0 Å². The van der Waals surface area contributed by atoms with E-state index in [2.05, 4.69) is 15.3 Å². The first kappa shape index (κ1) is 29.3. The molecule has 1 atom stereocenters. The predicted molar refractivity (Wildman–Crippen MR) is 153 cm³/mol. The molecule has 214 valence electrons. The predicted octanol–water partition coefficient (Wildman–Crippen LogP) is 4.35. The Morgan fingerprint density at radius 1 is 1.07 bits per heavy atom. The summed E-state index contributed by atoms with van der Waals surface area (Å²) in [5, 5.41) is 15.7. The van der Waals surface area contributed by atoms with Gasteiger partial charge in [0.15, 0.2) is 5.54 Å². The fourth-order valence-electron chi connectivity index (χ4n) is 4.48. The van der Waals surface area contributed by atoms with Crippen LogP contribution >= 0.6 is 0 Å². The summed E-state index contributed by atoms with van der Waals surface area (Å²) in [6.07, 6.45) is 0.778. The monoisotopic (exact) mass is 559 g/mol. The van der Waals surface area contributed by atoms with Gasteiger partial charge >= 0.3 is 0 Å². The Labute approximate surface area is 238 Å². The molecule has 0 fully saturated rings. The van der Waals surface area contributed by atoms with Crippen molar-refractivity contribution in [2.75, 3.05) is 34.0 Å². The van der Waals surface area contributed by atoms with Gasteiger partial charge in [-0.2, -0.15) is 0 Å². The largest absolute Gasteiger partial charge is 0.497 e. The van der Waals surface area contributed by atoms with Gasteiger partial charge in [0.05, 0.1) is 27.4 Å². The molecule has 1 aliphatic rings. The Morgan fingerprint density at radius 3 is 2.54 bits per heavy atom. The van der Waals surface area contributed by atoms with E-state index in [9.17, 15) is 4.79 Å². The zero-order valence-electron chi connectivity index (χ0n) is 23.1. The van der Waals surface area contributed by atoms with E-state index in [-0.39, 0.29) is 38.6 Å². The lowest BCUT2D eigenvalue weighted by molar-refractivity contribution is -0.126. The van der Waals surface area contributed by atoms with E-state index in [0.717, 1.165) is 16.7 Å². The number of ether oxygens (including phenoxy) is 4. The van der Waals surface area contributed by atoms with Gasteiger partial charge < -0.3 is 29.4 Å². The Morgan fingerprint density at radius 2 is 1.83 bits per heavy atom. The van der Waals surface area contributed by atoms with Crippen LogP contribution in [0.2, 0.25) is 0 Å². The molecular formula is C30H33N5O6. The van der Waals surface area contributed by atoms with Crippen LogP contribution in [0.3, 0.4) is 0 Å². The van der Waals surface area contributed by atoms with Crippen molar-refractivity contribution in [3.63, 3.8) is 0 Å². The molecule has 4 rings (SSSR count). The topological polar surface area (TPSA) is 147 Å². The van der Waals surface area contributed by atoms with E-state index in [1.54, 1.807) is 38.5 Å². The molecule has 0 bridgehead atoms. The molecule has 0 unspecified atom stereocenters. The minimum atomic E-state index is -1.27. The van der Waals surface area contributed by atoms with Crippen molar-refractivity contribution in [2.45, 2.75) is 31.5 Å². The van der Waals surface area contributed by atoms with Crippen LogP contribution in [0.1, 0.15) is 28.7 Å². The summed E-state index contributed by atoms with van der Waals surface area (Å²) in [5.41, 5.74) is 10.7. The summed E-state index contributed by atoms with van der Waals surface area (Å²) in [5.74, 6) is 1.93.